The van der Waals surface area contributed by atoms with Crippen molar-refractivity contribution in [2.75, 3.05) is 18.5 Å². The molecule has 0 amide bonds. The van der Waals surface area contributed by atoms with Crippen molar-refractivity contribution in [1.82, 2.24) is 0 Å². The number of hydrogen-bond acceptors (Lipinski definition) is 2. The second-order valence-electron chi connectivity index (χ2n) is 5.20. The van der Waals surface area contributed by atoms with E-state index in [0.717, 1.165) is 5.69 Å². The van der Waals surface area contributed by atoms with Crippen molar-refractivity contribution in [2.24, 2.45) is 0 Å². The van der Waals surface area contributed by atoms with Crippen LogP contribution in [0.1, 0.15) is 13.8 Å². The molecule has 0 radical (unpaired) electrons. The van der Waals surface area contributed by atoms with E-state index < -0.39 is 5.60 Å². The van der Waals surface area contributed by atoms with Gasteiger partial charge in [-0.15, -0.1) is 0 Å². The first-order valence-corrected chi connectivity index (χ1v) is 5.88. The average Bonchev–Trinajstić information content (AvgIpc) is 2.26. The van der Waals surface area contributed by atoms with Crippen LogP contribution < -0.4 is 4.90 Å². The summed E-state index contributed by atoms with van der Waals surface area (Å²) in [7, 11) is 2.00. The molecule has 2 aromatic carbocycles. The topological polar surface area (TPSA) is 23.5 Å². The van der Waals surface area contributed by atoms with Crippen LogP contribution in [0.25, 0.3) is 10.8 Å². The van der Waals surface area contributed by atoms with Gasteiger partial charge in [0.25, 0.3) is 0 Å². The Morgan fingerprint density at radius 2 is 1.71 bits per heavy atom. The van der Waals surface area contributed by atoms with Gasteiger partial charge in [-0.3, -0.25) is 0 Å². The molecule has 17 heavy (non-hydrogen) atoms. The standard InChI is InChI=1S/C15H19NO/c1-15(2,17)11-16(3)14-9-8-12-6-4-5-7-13(12)10-14/h4-10,17H,11H2,1-3H3. The highest BCUT2D eigenvalue weighted by atomic mass is 16.3. The molecule has 0 unspecified atom stereocenters. The van der Waals surface area contributed by atoms with Crippen molar-refractivity contribution in [3.05, 3.63) is 42.5 Å². The summed E-state index contributed by atoms with van der Waals surface area (Å²) in [6, 6.07) is 14.7. The molecule has 0 aliphatic carbocycles. The van der Waals surface area contributed by atoms with Crippen molar-refractivity contribution in [3.63, 3.8) is 0 Å². The number of hydrogen-bond donors (Lipinski definition) is 1. The molecule has 0 heterocycles. The number of rotatable bonds is 3. The summed E-state index contributed by atoms with van der Waals surface area (Å²) in [4.78, 5) is 2.08. The van der Waals surface area contributed by atoms with E-state index in [0.29, 0.717) is 6.54 Å². The fourth-order valence-electron chi connectivity index (χ4n) is 2.09. The van der Waals surface area contributed by atoms with Gasteiger partial charge in [-0.2, -0.15) is 0 Å². The number of likely N-dealkylation sites (N-methyl/N-ethyl adjacent to an activating group) is 1. The number of nitrogens with zero attached hydrogens (tertiary/aromatic N) is 1. The number of aliphatic hydroxyl groups is 1. The van der Waals surface area contributed by atoms with E-state index in [1.54, 1.807) is 0 Å². The van der Waals surface area contributed by atoms with Crippen LogP contribution in [-0.4, -0.2) is 24.3 Å². The van der Waals surface area contributed by atoms with E-state index in [2.05, 4.69) is 35.2 Å². The Bertz CT molecular complexity index is 514. The fourth-order valence-corrected chi connectivity index (χ4v) is 2.09. The zero-order valence-electron chi connectivity index (χ0n) is 10.6. The van der Waals surface area contributed by atoms with E-state index in [4.69, 9.17) is 0 Å². The van der Waals surface area contributed by atoms with Crippen LogP contribution in [0.5, 0.6) is 0 Å². The molecule has 0 atom stereocenters. The molecule has 0 bridgehead atoms. The molecule has 90 valence electrons. The lowest BCUT2D eigenvalue weighted by atomic mass is 10.1. The highest BCUT2D eigenvalue weighted by Gasteiger charge is 2.15. The van der Waals surface area contributed by atoms with E-state index in [9.17, 15) is 5.11 Å². The van der Waals surface area contributed by atoms with Crippen LogP contribution in [0.15, 0.2) is 42.5 Å². The van der Waals surface area contributed by atoms with Gasteiger partial charge >= 0.3 is 0 Å². The van der Waals surface area contributed by atoms with Crippen molar-refractivity contribution in [3.8, 4) is 0 Å². The minimum atomic E-state index is -0.680. The fraction of sp³-hybridized carbons (Fsp3) is 0.333. The van der Waals surface area contributed by atoms with E-state index in [1.165, 1.54) is 10.8 Å². The first-order chi connectivity index (χ1) is 7.96. The lowest BCUT2D eigenvalue weighted by Crippen LogP contribution is -2.36. The third kappa shape index (κ3) is 2.98. The highest BCUT2D eigenvalue weighted by Crippen LogP contribution is 2.22. The van der Waals surface area contributed by atoms with Gasteiger partial charge < -0.3 is 10.0 Å². The van der Waals surface area contributed by atoms with Crippen molar-refractivity contribution < 1.29 is 5.11 Å². The molecule has 0 aliphatic rings. The summed E-state index contributed by atoms with van der Waals surface area (Å²) in [6.07, 6.45) is 0. The van der Waals surface area contributed by atoms with E-state index in [1.807, 2.05) is 33.0 Å². The summed E-state index contributed by atoms with van der Waals surface area (Å²) in [5.41, 5.74) is 0.450. The molecule has 2 heteroatoms. The molecule has 2 rings (SSSR count). The molecule has 1 N–H and O–H groups in total. The minimum Gasteiger partial charge on any atom is -0.389 e. The SMILES string of the molecule is CN(CC(C)(C)O)c1ccc2ccccc2c1. The summed E-state index contributed by atoms with van der Waals surface area (Å²) in [5, 5.41) is 12.3. The minimum absolute atomic E-state index is 0.616. The van der Waals surface area contributed by atoms with Gasteiger partial charge in [0.05, 0.1) is 5.60 Å². The lowest BCUT2D eigenvalue weighted by molar-refractivity contribution is 0.0886. The Labute approximate surface area is 102 Å². The molecule has 2 nitrogen and oxygen atoms in total. The molecule has 2 aromatic rings. The summed E-state index contributed by atoms with van der Waals surface area (Å²) in [5.74, 6) is 0. The molecular formula is C15H19NO. The van der Waals surface area contributed by atoms with Gasteiger partial charge in [-0.05, 0) is 36.8 Å². The third-order valence-corrected chi connectivity index (χ3v) is 2.80. The predicted molar refractivity (Wildman–Crippen MR) is 73.5 cm³/mol. The summed E-state index contributed by atoms with van der Waals surface area (Å²) >= 11 is 0. The molecule has 0 fully saturated rings. The van der Waals surface area contributed by atoms with Crippen LogP contribution >= 0.6 is 0 Å². The van der Waals surface area contributed by atoms with Crippen LogP contribution in [0.3, 0.4) is 0 Å². The van der Waals surface area contributed by atoms with E-state index >= 15 is 0 Å². The first-order valence-electron chi connectivity index (χ1n) is 5.88. The normalized spacial score (nSPS) is 11.8. The molecule has 0 saturated carbocycles. The van der Waals surface area contributed by atoms with Gasteiger partial charge in [-0.25, -0.2) is 0 Å². The molecule has 0 spiro atoms. The lowest BCUT2D eigenvalue weighted by Gasteiger charge is -2.27. The number of benzene rings is 2. The second kappa shape index (κ2) is 4.38. The monoisotopic (exact) mass is 229 g/mol. The van der Waals surface area contributed by atoms with Crippen molar-refractivity contribution in [2.45, 2.75) is 19.4 Å². The summed E-state index contributed by atoms with van der Waals surface area (Å²) in [6.45, 7) is 4.26. The van der Waals surface area contributed by atoms with Crippen LogP contribution in [-0.2, 0) is 0 Å². The Morgan fingerprint density at radius 3 is 2.35 bits per heavy atom. The third-order valence-electron chi connectivity index (χ3n) is 2.80. The van der Waals surface area contributed by atoms with Gasteiger partial charge in [0.15, 0.2) is 0 Å². The maximum Gasteiger partial charge on any atom is 0.0765 e. The molecule has 0 aromatic heterocycles. The van der Waals surface area contributed by atoms with Crippen LogP contribution in [0, 0.1) is 0 Å². The Balaban J connectivity index is 2.30. The van der Waals surface area contributed by atoms with Crippen LogP contribution in [0.4, 0.5) is 5.69 Å². The Hall–Kier alpha value is -1.54. The molecule has 0 saturated heterocycles. The van der Waals surface area contributed by atoms with Gasteiger partial charge in [0.1, 0.15) is 0 Å². The maximum absolute atomic E-state index is 9.82. The van der Waals surface area contributed by atoms with E-state index in [-0.39, 0.29) is 0 Å². The number of fused-ring (bicyclic) bond motifs is 1. The molecular weight excluding hydrogens is 210 g/mol. The predicted octanol–water partition coefficient (Wildman–Crippen LogP) is 3.05. The zero-order valence-corrected chi connectivity index (χ0v) is 10.6. The highest BCUT2D eigenvalue weighted by molar-refractivity contribution is 5.85. The van der Waals surface area contributed by atoms with Crippen LogP contribution in [0.2, 0.25) is 0 Å². The van der Waals surface area contributed by atoms with Gasteiger partial charge in [0, 0.05) is 19.3 Å². The number of anilines is 1. The second-order valence-corrected chi connectivity index (χ2v) is 5.20. The van der Waals surface area contributed by atoms with Crippen molar-refractivity contribution in [1.29, 1.82) is 0 Å². The zero-order chi connectivity index (χ0) is 12.5. The largest absolute Gasteiger partial charge is 0.389 e. The quantitative estimate of drug-likeness (QED) is 0.874. The van der Waals surface area contributed by atoms with Crippen molar-refractivity contribution >= 4 is 16.5 Å². The van der Waals surface area contributed by atoms with Gasteiger partial charge in [0.2, 0.25) is 0 Å². The Morgan fingerprint density at radius 1 is 1.06 bits per heavy atom. The maximum atomic E-state index is 9.82. The average molecular weight is 229 g/mol. The summed E-state index contributed by atoms with van der Waals surface area (Å²) < 4.78 is 0. The Kier molecular flexibility index (Phi) is 3.07. The smallest absolute Gasteiger partial charge is 0.0765 e. The molecule has 0 aliphatic heterocycles. The van der Waals surface area contributed by atoms with Gasteiger partial charge in [-0.1, -0.05) is 30.3 Å². The first kappa shape index (κ1) is 11.9.